The summed E-state index contributed by atoms with van der Waals surface area (Å²) in [4.78, 5) is 36.3. The van der Waals surface area contributed by atoms with Crippen LogP contribution < -0.4 is 16.5 Å². The van der Waals surface area contributed by atoms with Gasteiger partial charge in [-0.1, -0.05) is 97.3 Å². The van der Waals surface area contributed by atoms with Gasteiger partial charge in [-0.2, -0.15) is 0 Å². The summed E-state index contributed by atoms with van der Waals surface area (Å²) in [6.45, 7) is 4.54. The summed E-state index contributed by atoms with van der Waals surface area (Å²) in [5, 5.41) is 3.86. The normalized spacial score (nSPS) is 10.7. The lowest BCUT2D eigenvalue weighted by atomic mass is 10.1. The summed E-state index contributed by atoms with van der Waals surface area (Å²) in [6, 6.07) is 0. The Morgan fingerprint density at radius 3 is 1.68 bits per heavy atom. The number of rotatable bonds is 20. The van der Waals surface area contributed by atoms with E-state index in [2.05, 4.69) is 24.6 Å². The molecule has 7 nitrogen and oxygen atoms in total. The van der Waals surface area contributed by atoms with Gasteiger partial charge in [-0.05, 0) is 12.8 Å². The quantitative estimate of drug-likeness (QED) is 0.195. The summed E-state index contributed by atoms with van der Waals surface area (Å²) in [6.07, 6.45) is 17.8. The number of hydrogen-bond acceptors (Lipinski definition) is 4. The van der Waals surface area contributed by atoms with Crippen molar-refractivity contribution in [2.24, 2.45) is 5.73 Å². The molecule has 0 unspecified atom stereocenters. The number of carbonyl (C=O) groups excluding carboxylic acids is 3. The second kappa shape index (κ2) is 21.6. The van der Waals surface area contributed by atoms with Crippen molar-refractivity contribution in [2.45, 2.75) is 117 Å². The fraction of sp³-hybridized carbons (Fsp3) is 0.875. The molecule has 182 valence electrons. The second-order valence-corrected chi connectivity index (χ2v) is 8.42. The Morgan fingerprint density at radius 2 is 1.16 bits per heavy atom. The molecule has 0 aromatic rings. The third-order valence-corrected chi connectivity index (χ3v) is 5.40. The highest BCUT2D eigenvalue weighted by atomic mass is 16.2. The first-order chi connectivity index (χ1) is 15.0. The Bertz CT molecular complexity index is 472. The van der Waals surface area contributed by atoms with Crippen LogP contribution in [0.4, 0.5) is 0 Å². The van der Waals surface area contributed by atoms with Gasteiger partial charge in [0.1, 0.15) is 6.54 Å². The molecule has 31 heavy (non-hydrogen) atoms. The maximum Gasteiger partial charge on any atom is 0.255 e. The number of nitrogens with zero attached hydrogens (tertiary/aromatic N) is 1. The third kappa shape index (κ3) is 18.8. The van der Waals surface area contributed by atoms with Crippen LogP contribution in [0.25, 0.3) is 0 Å². The summed E-state index contributed by atoms with van der Waals surface area (Å²) < 4.78 is 0. The van der Waals surface area contributed by atoms with Crippen molar-refractivity contribution in [1.29, 1.82) is 0 Å². The third-order valence-electron chi connectivity index (χ3n) is 5.40. The fourth-order valence-electron chi connectivity index (χ4n) is 3.44. The number of amides is 3. The second-order valence-electron chi connectivity index (χ2n) is 8.42. The SMILES string of the molecule is CCCCCCCCCCCC(=O)NN(CC(=O)NCCCCCCCC)C(=O)CN. The highest BCUT2D eigenvalue weighted by molar-refractivity contribution is 5.87. The minimum atomic E-state index is -0.463. The van der Waals surface area contributed by atoms with Crippen LogP contribution in [-0.2, 0) is 14.4 Å². The first kappa shape index (κ1) is 29.4. The van der Waals surface area contributed by atoms with Crippen molar-refractivity contribution >= 4 is 17.7 Å². The summed E-state index contributed by atoms with van der Waals surface area (Å²) in [7, 11) is 0. The smallest absolute Gasteiger partial charge is 0.255 e. The molecule has 0 aliphatic rings. The molecular weight excluding hydrogens is 392 g/mol. The molecule has 0 bridgehead atoms. The standard InChI is InChI=1S/C24H48N4O3/c1-3-5-7-9-11-12-13-14-16-18-22(29)27-28(24(31)20-25)21-23(30)26-19-17-15-10-8-6-4-2/h3-21,25H2,1-2H3,(H,26,30)(H,27,29). The topological polar surface area (TPSA) is 105 Å². The van der Waals surface area contributed by atoms with E-state index >= 15 is 0 Å². The molecule has 0 aliphatic heterocycles. The molecule has 0 aromatic heterocycles. The fourth-order valence-corrected chi connectivity index (χ4v) is 3.44. The molecule has 0 aliphatic carbocycles. The van der Waals surface area contributed by atoms with Gasteiger partial charge in [0, 0.05) is 13.0 Å². The van der Waals surface area contributed by atoms with Crippen LogP contribution in [0.3, 0.4) is 0 Å². The highest BCUT2D eigenvalue weighted by Crippen LogP contribution is 2.10. The Kier molecular flexibility index (Phi) is 20.5. The zero-order chi connectivity index (χ0) is 23.2. The molecule has 0 rings (SSSR count). The number of carbonyl (C=O) groups is 3. The molecule has 3 amide bonds. The van der Waals surface area contributed by atoms with Crippen LogP contribution in [0.5, 0.6) is 0 Å². The first-order valence-corrected chi connectivity index (χ1v) is 12.6. The Morgan fingerprint density at radius 1 is 0.677 bits per heavy atom. The van der Waals surface area contributed by atoms with E-state index < -0.39 is 5.91 Å². The summed E-state index contributed by atoms with van der Waals surface area (Å²) in [5.74, 6) is -0.984. The lowest BCUT2D eigenvalue weighted by molar-refractivity contribution is -0.143. The molecule has 0 spiro atoms. The molecule has 0 radical (unpaired) electrons. The monoisotopic (exact) mass is 440 g/mol. The minimum absolute atomic E-state index is 0.199. The van der Waals surface area contributed by atoms with Crippen LogP contribution >= 0.6 is 0 Å². The van der Waals surface area contributed by atoms with Crippen LogP contribution in [0.1, 0.15) is 117 Å². The van der Waals surface area contributed by atoms with Crippen molar-refractivity contribution in [3.8, 4) is 0 Å². The van der Waals surface area contributed by atoms with Gasteiger partial charge in [-0.15, -0.1) is 0 Å². The predicted molar refractivity (Wildman–Crippen MR) is 127 cm³/mol. The molecule has 7 heteroatoms. The van der Waals surface area contributed by atoms with Gasteiger partial charge in [-0.25, -0.2) is 5.01 Å². The van der Waals surface area contributed by atoms with E-state index in [0.717, 1.165) is 37.1 Å². The summed E-state index contributed by atoms with van der Waals surface area (Å²) in [5.41, 5.74) is 7.98. The average molecular weight is 441 g/mol. The van der Waals surface area contributed by atoms with Gasteiger partial charge in [0.15, 0.2) is 0 Å². The predicted octanol–water partition coefficient (Wildman–Crippen LogP) is 4.20. The zero-order valence-corrected chi connectivity index (χ0v) is 20.2. The van der Waals surface area contributed by atoms with E-state index in [0.29, 0.717) is 13.0 Å². The van der Waals surface area contributed by atoms with E-state index in [-0.39, 0.29) is 24.9 Å². The molecular formula is C24H48N4O3. The number of unbranched alkanes of at least 4 members (excludes halogenated alkanes) is 13. The van der Waals surface area contributed by atoms with E-state index in [1.165, 1.54) is 64.2 Å². The van der Waals surface area contributed by atoms with E-state index in [1.54, 1.807) is 0 Å². The van der Waals surface area contributed by atoms with Gasteiger partial charge in [-0.3, -0.25) is 19.8 Å². The maximum absolute atomic E-state index is 12.2. The lowest BCUT2D eigenvalue weighted by Gasteiger charge is -2.22. The van der Waals surface area contributed by atoms with Gasteiger partial charge in [0.05, 0.1) is 6.54 Å². The van der Waals surface area contributed by atoms with Crippen LogP contribution in [0.15, 0.2) is 0 Å². The van der Waals surface area contributed by atoms with Crippen LogP contribution in [-0.4, -0.2) is 42.4 Å². The molecule has 0 atom stereocenters. The van der Waals surface area contributed by atoms with E-state index in [4.69, 9.17) is 5.73 Å². The van der Waals surface area contributed by atoms with Crippen molar-refractivity contribution in [3.05, 3.63) is 0 Å². The molecule has 4 N–H and O–H groups in total. The lowest BCUT2D eigenvalue weighted by Crippen LogP contribution is -2.52. The number of nitrogens with two attached hydrogens (primary N) is 1. The minimum Gasteiger partial charge on any atom is -0.354 e. The van der Waals surface area contributed by atoms with Crippen molar-refractivity contribution < 1.29 is 14.4 Å². The molecule has 0 fully saturated rings. The highest BCUT2D eigenvalue weighted by Gasteiger charge is 2.18. The number of hydrazine groups is 1. The van der Waals surface area contributed by atoms with Crippen LogP contribution in [0, 0.1) is 0 Å². The van der Waals surface area contributed by atoms with Crippen molar-refractivity contribution in [3.63, 3.8) is 0 Å². The van der Waals surface area contributed by atoms with Gasteiger partial charge in [0.25, 0.3) is 5.91 Å². The van der Waals surface area contributed by atoms with Gasteiger partial charge < -0.3 is 11.1 Å². The Balaban J connectivity index is 3.98. The van der Waals surface area contributed by atoms with Crippen molar-refractivity contribution in [2.75, 3.05) is 19.6 Å². The molecule has 0 saturated carbocycles. The molecule has 0 saturated heterocycles. The largest absolute Gasteiger partial charge is 0.354 e. The zero-order valence-electron chi connectivity index (χ0n) is 20.2. The number of hydrogen-bond donors (Lipinski definition) is 3. The first-order valence-electron chi connectivity index (χ1n) is 12.6. The molecule has 0 aromatic carbocycles. The summed E-state index contributed by atoms with van der Waals surface area (Å²) >= 11 is 0. The average Bonchev–Trinajstić information content (AvgIpc) is 2.76. The number of nitrogens with one attached hydrogen (secondary N) is 2. The molecule has 0 heterocycles. The van der Waals surface area contributed by atoms with Crippen molar-refractivity contribution in [1.82, 2.24) is 15.8 Å². The van der Waals surface area contributed by atoms with E-state index in [9.17, 15) is 14.4 Å². The Labute approximate surface area is 190 Å². The van der Waals surface area contributed by atoms with E-state index in [1.807, 2.05) is 0 Å². The Hall–Kier alpha value is -1.63. The van der Waals surface area contributed by atoms with Gasteiger partial charge in [0.2, 0.25) is 11.8 Å². The van der Waals surface area contributed by atoms with Gasteiger partial charge >= 0.3 is 0 Å². The van der Waals surface area contributed by atoms with Crippen LogP contribution in [0.2, 0.25) is 0 Å². The maximum atomic E-state index is 12.2.